The summed E-state index contributed by atoms with van der Waals surface area (Å²) in [5, 5.41) is 10.6. The zero-order chi connectivity index (χ0) is 15.1. The number of aromatic nitrogens is 3. The van der Waals surface area contributed by atoms with Gasteiger partial charge in [0, 0.05) is 17.8 Å². The van der Waals surface area contributed by atoms with Gasteiger partial charge in [-0.25, -0.2) is 9.97 Å². The number of aliphatic carboxylic acids is 1. The topological polar surface area (TPSA) is 82.1 Å². The molecule has 0 spiro atoms. The Labute approximate surface area is 132 Å². The first-order valence-electron chi connectivity index (χ1n) is 7.66. The third-order valence-electron chi connectivity index (χ3n) is 4.51. The van der Waals surface area contributed by atoms with Crippen molar-refractivity contribution in [2.24, 2.45) is 0 Å². The number of imidazole rings is 1. The Balaban J connectivity index is 1.58. The van der Waals surface area contributed by atoms with Gasteiger partial charge in [-0.2, -0.15) is 0 Å². The molecule has 0 saturated carbocycles. The smallest absolute Gasteiger partial charge is 0.321 e. The van der Waals surface area contributed by atoms with Gasteiger partial charge >= 0.3 is 5.97 Å². The number of carbonyl (C=O) groups is 1. The molecule has 0 amide bonds. The predicted octanol–water partition coefficient (Wildman–Crippen LogP) is 1.76. The lowest BCUT2D eigenvalue weighted by Crippen LogP contribution is -2.45. The largest absolute Gasteiger partial charge is 0.480 e. The van der Waals surface area contributed by atoms with Gasteiger partial charge in [0.15, 0.2) is 0 Å². The van der Waals surface area contributed by atoms with Crippen LogP contribution in [-0.4, -0.2) is 37.0 Å². The highest BCUT2D eigenvalue weighted by molar-refractivity contribution is 7.11. The molecule has 22 heavy (non-hydrogen) atoms. The molecule has 1 aliphatic carbocycles. The lowest BCUT2D eigenvalue weighted by Gasteiger charge is -2.31. The predicted molar refractivity (Wildman–Crippen MR) is 81.7 cm³/mol. The average molecular weight is 318 g/mol. The Morgan fingerprint density at radius 1 is 1.41 bits per heavy atom. The summed E-state index contributed by atoms with van der Waals surface area (Å²) in [7, 11) is 0. The number of fused-ring (bicyclic) bond motifs is 2. The fraction of sp³-hybridized carbons (Fsp3) is 0.533. The molecule has 0 radical (unpaired) electrons. The normalized spacial score (nSPS) is 21.4. The second-order valence-electron chi connectivity index (χ2n) is 5.98. The number of thiazole rings is 1. The molecular formula is C15H18N4O2S. The standard InChI is InChI=1S/C15H18N4O2S/c20-15(21)12-5-10-11(17-8-16-10)6-19(12)7-14-18-9-3-1-2-4-13(9)22-14/h8,12H,1-7H2,(H,16,17)(H,20,21). The minimum atomic E-state index is -0.782. The summed E-state index contributed by atoms with van der Waals surface area (Å²) >= 11 is 1.75. The van der Waals surface area contributed by atoms with Crippen LogP contribution in [0.2, 0.25) is 0 Å². The number of aromatic amines is 1. The van der Waals surface area contributed by atoms with Gasteiger partial charge in [0.1, 0.15) is 11.0 Å². The number of nitrogens with one attached hydrogen (secondary N) is 1. The Hall–Kier alpha value is -1.73. The maximum Gasteiger partial charge on any atom is 0.321 e. The lowest BCUT2D eigenvalue weighted by atomic mass is 10.0. The molecule has 0 fully saturated rings. The molecule has 4 rings (SSSR count). The minimum Gasteiger partial charge on any atom is -0.480 e. The van der Waals surface area contributed by atoms with E-state index < -0.39 is 12.0 Å². The first-order chi connectivity index (χ1) is 10.7. The van der Waals surface area contributed by atoms with Crippen LogP contribution in [0.1, 0.15) is 39.8 Å². The molecule has 0 saturated heterocycles. The summed E-state index contributed by atoms with van der Waals surface area (Å²) in [6, 6.07) is -0.517. The highest BCUT2D eigenvalue weighted by Crippen LogP contribution is 2.29. The van der Waals surface area contributed by atoms with E-state index in [0.717, 1.165) is 29.2 Å². The van der Waals surface area contributed by atoms with E-state index in [-0.39, 0.29) is 0 Å². The molecule has 0 aromatic carbocycles. The van der Waals surface area contributed by atoms with Crippen molar-refractivity contribution in [2.75, 3.05) is 0 Å². The molecule has 7 heteroatoms. The summed E-state index contributed by atoms with van der Waals surface area (Å²) < 4.78 is 0. The van der Waals surface area contributed by atoms with Crippen LogP contribution in [0.3, 0.4) is 0 Å². The van der Waals surface area contributed by atoms with Gasteiger partial charge in [-0.3, -0.25) is 9.69 Å². The van der Waals surface area contributed by atoms with Gasteiger partial charge in [0.05, 0.1) is 30.0 Å². The number of rotatable bonds is 3. The third-order valence-corrected chi connectivity index (χ3v) is 5.65. The Morgan fingerprint density at radius 3 is 3.09 bits per heavy atom. The van der Waals surface area contributed by atoms with E-state index in [0.29, 0.717) is 19.5 Å². The fourth-order valence-electron chi connectivity index (χ4n) is 3.34. The van der Waals surface area contributed by atoms with E-state index in [2.05, 4.69) is 9.97 Å². The molecule has 6 nitrogen and oxygen atoms in total. The molecule has 2 aromatic heterocycles. The number of H-pyrrole nitrogens is 1. The van der Waals surface area contributed by atoms with E-state index in [9.17, 15) is 9.90 Å². The van der Waals surface area contributed by atoms with Crippen molar-refractivity contribution in [3.05, 3.63) is 33.3 Å². The van der Waals surface area contributed by atoms with E-state index in [1.54, 1.807) is 17.7 Å². The molecule has 2 aromatic rings. The van der Waals surface area contributed by atoms with Crippen LogP contribution >= 0.6 is 11.3 Å². The maximum absolute atomic E-state index is 11.6. The molecule has 1 unspecified atom stereocenters. The number of carboxylic acid groups (broad SMARTS) is 1. The summed E-state index contributed by atoms with van der Waals surface area (Å²) in [5.74, 6) is -0.782. The van der Waals surface area contributed by atoms with Crippen LogP contribution in [0, 0.1) is 0 Å². The van der Waals surface area contributed by atoms with E-state index in [4.69, 9.17) is 4.98 Å². The van der Waals surface area contributed by atoms with E-state index in [1.165, 1.54) is 23.4 Å². The van der Waals surface area contributed by atoms with Gasteiger partial charge < -0.3 is 10.1 Å². The highest BCUT2D eigenvalue weighted by Gasteiger charge is 2.33. The van der Waals surface area contributed by atoms with Gasteiger partial charge in [-0.15, -0.1) is 11.3 Å². The van der Waals surface area contributed by atoms with E-state index >= 15 is 0 Å². The molecular weight excluding hydrogens is 300 g/mol. The molecule has 116 valence electrons. The Bertz CT molecular complexity index is 685. The lowest BCUT2D eigenvalue weighted by molar-refractivity contribution is -0.144. The van der Waals surface area contributed by atoms with Crippen LogP contribution < -0.4 is 0 Å². The highest BCUT2D eigenvalue weighted by atomic mass is 32.1. The van der Waals surface area contributed by atoms with Crippen LogP contribution in [0.25, 0.3) is 0 Å². The van der Waals surface area contributed by atoms with Crippen molar-refractivity contribution in [1.29, 1.82) is 0 Å². The minimum absolute atomic E-state index is 0.458. The van der Waals surface area contributed by atoms with Crippen molar-refractivity contribution in [3.8, 4) is 0 Å². The average Bonchev–Trinajstić information content (AvgIpc) is 3.11. The second kappa shape index (κ2) is 5.48. The summed E-state index contributed by atoms with van der Waals surface area (Å²) in [6.45, 7) is 1.20. The SMILES string of the molecule is O=C(O)C1Cc2nc[nH]c2CN1Cc1nc2c(s1)CCCC2. The van der Waals surface area contributed by atoms with Crippen LogP contribution in [0.15, 0.2) is 6.33 Å². The van der Waals surface area contributed by atoms with Gasteiger partial charge in [-0.1, -0.05) is 0 Å². The fourth-order valence-corrected chi connectivity index (χ4v) is 4.53. The zero-order valence-corrected chi connectivity index (χ0v) is 13.0. The molecule has 1 atom stereocenters. The molecule has 3 heterocycles. The monoisotopic (exact) mass is 318 g/mol. The van der Waals surface area contributed by atoms with Crippen molar-refractivity contribution < 1.29 is 9.90 Å². The molecule has 2 aliphatic rings. The van der Waals surface area contributed by atoms with Crippen LogP contribution in [0.5, 0.6) is 0 Å². The first-order valence-corrected chi connectivity index (χ1v) is 8.48. The summed E-state index contributed by atoms with van der Waals surface area (Å²) in [6.07, 6.45) is 6.76. The summed E-state index contributed by atoms with van der Waals surface area (Å²) in [4.78, 5) is 27.1. The number of carboxylic acids is 1. The van der Waals surface area contributed by atoms with Crippen molar-refractivity contribution in [1.82, 2.24) is 19.9 Å². The van der Waals surface area contributed by atoms with Crippen molar-refractivity contribution in [3.63, 3.8) is 0 Å². The maximum atomic E-state index is 11.6. The second-order valence-corrected chi connectivity index (χ2v) is 7.14. The van der Waals surface area contributed by atoms with Crippen LogP contribution in [-0.2, 0) is 37.1 Å². The first kappa shape index (κ1) is 13.9. The Kier molecular flexibility index (Phi) is 3.46. The van der Waals surface area contributed by atoms with Crippen molar-refractivity contribution >= 4 is 17.3 Å². The molecule has 2 N–H and O–H groups in total. The molecule has 0 bridgehead atoms. The van der Waals surface area contributed by atoms with Gasteiger partial charge in [0.25, 0.3) is 0 Å². The molecule has 1 aliphatic heterocycles. The number of aryl methyl sites for hydroxylation is 2. The van der Waals surface area contributed by atoms with Gasteiger partial charge in [0.2, 0.25) is 0 Å². The number of hydrogen-bond acceptors (Lipinski definition) is 5. The summed E-state index contributed by atoms with van der Waals surface area (Å²) in [5.41, 5.74) is 3.14. The Morgan fingerprint density at radius 2 is 2.27 bits per heavy atom. The number of hydrogen-bond donors (Lipinski definition) is 2. The van der Waals surface area contributed by atoms with Crippen molar-refractivity contribution in [2.45, 2.75) is 51.2 Å². The third kappa shape index (κ3) is 2.44. The quantitative estimate of drug-likeness (QED) is 0.901. The van der Waals surface area contributed by atoms with Crippen LogP contribution in [0.4, 0.5) is 0 Å². The number of nitrogens with zero attached hydrogens (tertiary/aromatic N) is 3. The van der Waals surface area contributed by atoms with Gasteiger partial charge in [-0.05, 0) is 25.7 Å². The zero-order valence-electron chi connectivity index (χ0n) is 12.2. The van der Waals surface area contributed by atoms with E-state index in [1.807, 2.05) is 4.90 Å².